The first-order chi connectivity index (χ1) is 7.84. The van der Waals surface area contributed by atoms with Gasteiger partial charge in [-0.2, -0.15) is 0 Å². The zero-order chi connectivity index (χ0) is 11.2. The highest BCUT2D eigenvalue weighted by molar-refractivity contribution is 9.11. The van der Waals surface area contributed by atoms with Crippen LogP contribution in [0.15, 0.2) is 46.3 Å². The first kappa shape index (κ1) is 11.8. The fraction of sp³-hybridized carbons (Fsp3) is 0.231. The molecule has 3 heteroatoms. The van der Waals surface area contributed by atoms with E-state index < -0.39 is 0 Å². The van der Waals surface area contributed by atoms with Gasteiger partial charge in [-0.25, -0.2) is 0 Å². The number of benzene rings is 1. The minimum Gasteiger partial charge on any atom is -0.312 e. The Morgan fingerprint density at radius 1 is 1.06 bits per heavy atom. The summed E-state index contributed by atoms with van der Waals surface area (Å²) < 4.78 is 1.20. The highest BCUT2D eigenvalue weighted by Gasteiger charge is 1.97. The van der Waals surface area contributed by atoms with Gasteiger partial charge in [0.2, 0.25) is 0 Å². The van der Waals surface area contributed by atoms with Gasteiger partial charge in [-0.05, 0) is 46.6 Å². The van der Waals surface area contributed by atoms with Gasteiger partial charge in [0.05, 0.1) is 3.79 Å². The lowest BCUT2D eigenvalue weighted by atomic mass is 10.1. The van der Waals surface area contributed by atoms with Crippen molar-refractivity contribution in [1.29, 1.82) is 0 Å². The Bertz CT molecular complexity index is 425. The maximum atomic E-state index is 3.47. The summed E-state index contributed by atoms with van der Waals surface area (Å²) in [4.78, 5) is 1.37. The summed E-state index contributed by atoms with van der Waals surface area (Å²) in [7, 11) is 0. The van der Waals surface area contributed by atoms with Gasteiger partial charge in [0.15, 0.2) is 0 Å². The quantitative estimate of drug-likeness (QED) is 0.827. The van der Waals surface area contributed by atoms with Crippen LogP contribution >= 0.6 is 27.3 Å². The molecule has 1 aromatic carbocycles. The molecule has 2 aromatic rings. The van der Waals surface area contributed by atoms with Crippen molar-refractivity contribution >= 4 is 27.3 Å². The number of hydrogen-bond acceptors (Lipinski definition) is 2. The molecule has 0 aliphatic carbocycles. The van der Waals surface area contributed by atoms with Crippen LogP contribution < -0.4 is 5.32 Å². The van der Waals surface area contributed by atoms with Crippen LogP contribution in [0.5, 0.6) is 0 Å². The Hall–Kier alpha value is -0.640. The van der Waals surface area contributed by atoms with Crippen molar-refractivity contribution in [3.05, 3.63) is 56.7 Å². The van der Waals surface area contributed by atoms with Crippen molar-refractivity contribution in [1.82, 2.24) is 5.32 Å². The second kappa shape index (κ2) is 6.18. The number of hydrogen-bond donors (Lipinski definition) is 1. The van der Waals surface area contributed by atoms with Crippen LogP contribution in [0, 0.1) is 0 Å². The molecule has 0 amide bonds. The molecule has 1 nitrogen and oxygen atoms in total. The Morgan fingerprint density at radius 3 is 2.56 bits per heavy atom. The zero-order valence-electron chi connectivity index (χ0n) is 8.95. The van der Waals surface area contributed by atoms with Gasteiger partial charge in [0.1, 0.15) is 0 Å². The van der Waals surface area contributed by atoms with E-state index in [0.717, 1.165) is 19.5 Å². The van der Waals surface area contributed by atoms with Gasteiger partial charge in [0.25, 0.3) is 0 Å². The lowest BCUT2D eigenvalue weighted by Crippen LogP contribution is -2.15. The van der Waals surface area contributed by atoms with E-state index in [4.69, 9.17) is 0 Å². The van der Waals surface area contributed by atoms with E-state index in [1.165, 1.54) is 14.2 Å². The fourth-order valence-electron chi connectivity index (χ4n) is 1.54. The summed E-state index contributed by atoms with van der Waals surface area (Å²) in [6.45, 7) is 1.99. The van der Waals surface area contributed by atoms with Crippen molar-refractivity contribution in [3.8, 4) is 0 Å². The highest BCUT2D eigenvalue weighted by atomic mass is 79.9. The smallest absolute Gasteiger partial charge is 0.0701 e. The second-order valence-electron chi connectivity index (χ2n) is 3.62. The van der Waals surface area contributed by atoms with Gasteiger partial charge in [-0.1, -0.05) is 30.3 Å². The number of thiophene rings is 1. The minimum absolute atomic E-state index is 0.961. The second-order valence-corrected chi connectivity index (χ2v) is 6.17. The highest BCUT2D eigenvalue weighted by Crippen LogP contribution is 2.21. The van der Waals surface area contributed by atoms with E-state index in [1.54, 1.807) is 11.3 Å². The van der Waals surface area contributed by atoms with Gasteiger partial charge in [0, 0.05) is 11.4 Å². The summed E-state index contributed by atoms with van der Waals surface area (Å²) in [6, 6.07) is 14.8. The SMILES string of the molecule is Brc1ccc(CNCCc2ccccc2)s1. The van der Waals surface area contributed by atoms with Gasteiger partial charge >= 0.3 is 0 Å². The predicted octanol–water partition coefficient (Wildman–Crippen LogP) is 3.84. The molecule has 0 fully saturated rings. The molecule has 0 unspecified atom stereocenters. The van der Waals surface area contributed by atoms with Crippen LogP contribution in [0.3, 0.4) is 0 Å². The summed E-state index contributed by atoms with van der Waals surface area (Å²) in [5.41, 5.74) is 1.39. The lowest BCUT2D eigenvalue weighted by Gasteiger charge is -2.03. The van der Waals surface area contributed by atoms with Crippen LogP contribution in [-0.2, 0) is 13.0 Å². The van der Waals surface area contributed by atoms with Gasteiger partial charge < -0.3 is 5.32 Å². The molecule has 0 bridgehead atoms. The molecule has 0 aliphatic heterocycles. The largest absolute Gasteiger partial charge is 0.312 e. The van der Waals surface area contributed by atoms with Gasteiger partial charge in [-0.15, -0.1) is 11.3 Å². The predicted molar refractivity (Wildman–Crippen MR) is 73.9 cm³/mol. The molecule has 1 heterocycles. The Balaban J connectivity index is 1.69. The van der Waals surface area contributed by atoms with E-state index in [-0.39, 0.29) is 0 Å². The normalized spacial score (nSPS) is 10.6. The van der Waals surface area contributed by atoms with Crippen LogP contribution in [0.25, 0.3) is 0 Å². The average molecular weight is 296 g/mol. The summed E-state index contributed by atoms with van der Waals surface area (Å²) >= 11 is 5.26. The first-order valence-electron chi connectivity index (χ1n) is 5.33. The molecule has 1 N–H and O–H groups in total. The third kappa shape index (κ3) is 3.74. The topological polar surface area (TPSA) is 12.0 Å². The Morgan fingerprint density at radius 2 is 1.88 bits per heavy atom. The van der Waals surface area contributed by atoms with Crippen LogP contribution in [-0.4, -0.2) is 6.54 Å². The molecule has 2 rings (SSSR count). The van der Waals surface area contributed by atoms with E-state index in [0.29, 0.717) is 0 Å². The first-order valence-corrected chi connectivity index (χ1v) is 6.94. The average Bonchev–Trinajstić information content (AvgIpc) is 2.72. The minimum atomic E-state index is 0.961. The molecular weight excluding hydrogens is 282 g/mol. The molecule has 0 aliphatic rings. The summed E-state index contributed by atoms with van der Waals surface area (Å²) in [5.74, 6) is 0. The van der Waals surface area contributed by atoms with Gasteiger partial charge in [-0.3, -0.25) is 0 Å². The van der Waals surface area contributed by atoms with Crippen molar-refractivity contribution in [3.63, 3.8) is 0 Å². The fourth-order valence-corrected chi connectivity index (χ4v) is 2.99. The van der Waals surface area contributed by atoms with Crippen molar-refractivity contribution in [2.75, 3.05) is 6.54 Å². The maximum Gasteiger partial charge on any atom is 0.0701 e. The molecule has 16 heavy (non-hydrogen) atoms. The molecule has 0 atom stereocenters. The molecule has 1 aromatic heterocycles. The Kier molecular flexibility index (Phi) is 4.57. The van der Waals surface area contributed by atoms with E-state index >= 15 is 0 Å². The molecule has 0 radical (unpaired) electrons. The Labute approximate surface area is 109 Å². The number of halogens is 1. The maximum absolute atomic E-state index is 3.47. The van der Waals surface area contributed by atoms with Crippen molar-refractivity contribution in [2.24, 2.45) is 0 Å². The zero-order valence-corrected chi connectivity index (χ0v) is 11.4. The third-order valence-electron chi connectivity index (χ3n) is 2.36. The number of nitrogens with one attached hydrogen (secondary N) is 1. The summed E-state index contributed by atoms with van der Waals surface area (Å²) in [6.07, 6.45) is 1.09. The molecule has 0 spiro atoms. The van der Waals surface area contributed by atoms with Crippen molar-refractivity contribution in [2.45, 2.75) is 13.0 Å². The van der Waals surface area contributed by atoms with E-state index in [1.807, 2.05) is 0 Å². The monoisotopic (exact) mass is 295 g/mol. The van der Waals surface area contributed by atoms with Crippen molar-refractivity contribution < 1.29 is 0 Å². The molecule has 0 saturated carbocycles. The van der Waals surface area contributed by atoms with Crippen LogP contribution in [0.1, 0.15) is 10.4 Å². The number of rotatable bonds is 5. The standard InChI is InChI=1S/C13H14BrNS/c14-13-7-6-12(16-13)10-15-9-8-11-4-2-1-3-5-11/h1-7,15H,8-10H2. The lowest BCUT2D eigenvalue weighted by molar-refractivity contribution is 0.693. The van der Waals surface area contributed by atoms with Crippen LogP contribution in [0.2, 0.25) is 0 Å². The summed E-state index contributed by atoms with van der Waals surface area (Å²) in [5, 5.41) is 3.45. The molecule has 84 valence electrons. The molecule has 0 saturated heterocycles. The third-order valence-corrected chi connectivity index (χ3v) is 3.99. The van der Waals surface area contributed by atoms with E-state index in [9.17, 15) is 0 Å². The molecular formula is C13H14BrNS. The van der Waals surface area contributed by atoms with Crippen LogP contribution in [0.4, 0.5) is 0 Å². The van der Waals surface area contributed by atoms with E-state index in [2.05, 4.69) is 63.7 Å².